The third kappa shape index (κ3) is 3.02. The smallest absolute Gasteiger partial charge is 0.103 e. The van der Waals surface area contributed by atoms with Gasteiger partial charge < -0.3 is 0 Å². The van der Waals surface area contributed by atoms with E-state index in [2.05, 4.69) is 11.0 Å². The van der Waals surface area contributed by atoms with Crippen LogP contribution in [0.3, 0.4) is 0 Å². The number of halogens is 1. The van der Waals surface area contributed by atoms with Gasteiger partial charge in [-0.2, -0.15) is 0 Å². The summed E-state index contributed by atoms with van der Waals surface area (Å²) in [6.07, 6.45) is 5.06. The van der Waals surface area contributed by atoms with Gasteiger partial charge in [0.2, 0.25) is 0 Å². The minimum atomic E-state index is -0.545. The summed E-state index contributed by atoms with van der Waals surface area (Å²) in [6.45, 7) is 4.85. The second kappa shape index (κ2) is 4.50. The maximum Gasteiger partial charge on any atom is 0.103 e. The molecule has 64 valence electrons. The Labute approximate surface area is 67.9 Å². The van der Waals surface area contributed by atoms with Crippen LogP contribution in [0.4, 0.5) is 4.39 Å². The number of alkyl halides is 1. The van der Waals surface area contributed by atoms with Crippen LogP contribution in [0.25, 0.3) is 0 Å². The van der Waals surface area contributed by atoms with Gasteiger partial charge in [0, 0.05) is 19.6 Å². The molecule has 1 nitrogen and oxygen atoms in total. The molecule has 1 rings (SSSR count). The predicted molar refractivity (Wildman–Crippen MR) is 45.4 cm³/mol. The Balaban J connectivity index is 2.17. The summed E-state index contributed by atoms with van der Waals surface area (Å²) in [5.74, 6) is 0. The van der Waals surface area contributed by atoms with E-state index >= 15 is 0 Å². The van der Waals surface area contributed by atoms with Crippen LogP contribution in [-0.4, -0.2) is 30.7 Å². The lowest BCUT2D eigenvalue weighted by molar-refractivity contribution is 0.162. The lowest BCUT2D eigenvalue weighted by atomic mass is 10.1. The summed E-state index contributed by atoms with van der Waals surface area (Å²) in [5, 5.41) is 0. The normalized spacial score (nSPS) is 23.1. The Morgan fingerprint density at radius 3 is 2.64 bits per heavy atom. The van der Waals surface area contributed by atoms with E-state index < -0.39 is 6.17 Å². The minimum absolute atomic E-state index is 0.545. The quantitative estimate of drug-likeness (QED) is 0.554. The summed E-state index contributed by atoms with van der Waals surface area (Å²) in [7, 11) is 0. The van der Waals surface area contributed by atoms with Crippen molar-refractivity contribution in [2.75, 3.05) is 19.6 Å². The van der Waals surface area contributed by atoms with Crippen molar-refractivity contribution in [3.8, 4) is 0 Å². The van der Waals surface area contributed by atoms with Crippen molar-refractivity contribution in [1.82, 2.24) is 4.90 Å². The number of hydrogen-bond acceptors (Lipinski definition) is 1. The molecule has 0 amide bonds. The Hall–Kier alpha value is -0.370. The average Bonchev–Trinajstić information content (AvgIpc) is 2.04. The van der Waals surface area contributed by atoms with Crippen LogP contribution in [-0.2, 0) is 0 Å². The molecule has 0 atom stereocenters. The second-order valence-corrected chi connectivity index (χ2v) is 3.04. The van der Waals surface area contributed by atoms with E-state index in [-0.39, 0.29) is 0 Å². The van der Waals surface area contributed by atoms with Gasteiger partial charge in [0.1, 0.15) is 6.17 Å². The number of rotatable bonds is 2. The molecule has 2 heteroatoms. The zero-order chi connectivity index (χ0) is 8.10. The molecule has 1 saturated heterocycles. The highest BCUT2D eigenvalue weighted by molar-refractivity contribution is 4.83. The largest absolute Gasteiger partial charge is 0.299 e. The van der Waals surface area contributed by atoms with Crippen molar-refractivity contribution in [2.24, 2.45) is 0 Å². The fourth-order valence-corrected chi connectivity index (χ4v) is 1.34. The van der Waals surface area contributed by atoms with Gasteiger partial charge in [0.25, 0.3) is 0 Å². The van der Waals surface area contributed by atoms with Crippen molar-refractivity contribution >= 4 is 0 Å². The Morgan fingerprint density at radius 1 is 1.45 bits per heavy atom. The van der Waals surface area contributed by atoms with Crippen LogP contribution in [0.15, 0.2) is 12.2 Å². The fraction of sp³-hybridized carbons (Fsp3) is 0.778. The van der Waals surface area contributed by atoms with Crippen LogP contribution >= 0.6 is 0 Å². The molecule has 1 fully saturated rings. The highest BCUT2D eigenvalue weighted by Crippen LogP contribution is 2.12. The molecule has 0 bridgehead atoms. The summed E-state index contributed by atoms with van der Waals surface area (Å²) in [6, 6.07) is 0. The molecule has 0 spiro atoms. The molecule has 0 aromatic rings. The molecule has 0 aromatic heterocycles. The van der Waals surface area contributed by atoms with Crippen LogP contribution in [0.2, 0.25) is 0 Å². The van der Waals surface area contributed by atoms with E-state index in [4.69, 9.17) is 0 Å². The first-order valence-corrected chi connectivity index (χ1v) is 4.30. The molecule has 1 aliphatic heterocycles. The minimum Gasteiger partial charge on any atom is -0.299 e. The van der Waals surface area contributed by atoms with Gasteiger partial charge in [-0.25, -0.2) is 4.39 Å². The lowest BCUT2D eigenvalue weighted by Crippen LogP contribution is -2.34. The van der Waals surface area contributed by atoms with Gasteiger partial charge in [-0.15, -0.1) is 0 Å². The third-order valence-corrected chi connectivity index (χ3v) is 2.12. The zero-order valence-electron chi connectivity index (χ0n) is 7.09. The first-order chi connectivity index (χ1) is 5.33. The van der Waals surface area contributed by atoms with E-state index in [9.17, 15) is 4.39 Å². The molecule has 0 N–H and O–H groups in total. The van der Waals surface area contributed by atoms with Gasteiger partial charge in [-0.1, -0.05) is 12.2 Å². The maximum atomic E-state index is 12.6. The molecule has 0 aromatic carbocycles. The summed E-state index contributed by atoms with van der Waals surface area (Å²) >= 11 is 0. The summed E-state index contributed by atoms with van der Waals surface area (Å²) in [4.78, 5) is 2.29. The monoisotopic (exact) mass is 157 g/mol. The zero-order valence-corrected chi connectivity index (χ0v) is 7.09. The maximum absolute atomic E-state index is 12.6. The lowest BCUT2D eigenvalue weighted by Gasteiger charge is -2.27. The van der Waals surface area contributed by atoms with Crippen molar-refractivity contribution in [2.45, 2.75) is 25.9 Å². The van der Waals surface area contributed by atoms with E-state index in [1.54, 1.807) is 0 Å². The molecule has 1 heterocycles. The topological polar surface area (TPSA) is 3.24 Å². The van der Waals surface area contributed by atoms with Crippen LogP contribution in [0, 0.1) is 0 Å². The number of piperidine rings is 1. The molecule has 0 aliphatic carbocycles. The molecule has 1 aliphatic rings. The van der Waals surface area contributed by atoms with E-state index in [1.807, 2.05) is 13.0 Å². The Kier molecular flexibility index (Phi) is 3.57. The van der Waals surface area contributed by atoms with Gasteiger partial charge in [-0.05, 0) is 19.8 Å². The molecule has 11 heavy (non-hydrogen) atoms. The fourth-order valence-electron chi connectivity index (χ4n) is 1.34. The molecular formula is C9H16FN. The van der Waals surface area contributed by atoms with Gasteiger partial charge >= 0.3 is 0 Å². The van der Waals surface area contributed by atoms with Crippen LogP contribution in [0.5, 0.6) is 0 Å². The molecule has 0 radical (unpaired) electrons. The standard InChI is InChI=1S/C9H16FN/c1-2-3-6-11-7-4-9(10)5-8-11/h2-3,9H,4-8H2,1H3. The molecule has 0 saturated carbocycles. The van der Waals surface area contributed by atoms with E-state index in [0.29, 0.717) is 0 Å². The Morgan fingerprint density at radius 2 is 2.09 bits per heavy atom. The summed E-state index contributed by atoms with van der Waals surface area (Å²) in [5.41, 5.74) is 0. The summed E-state index contributed by atoms with van der Waals surface area (Å²) < 4.78 is 12.6. The third-order valence-electron chi connectivity index (χ3n) is 2.12. The Bertz CT molecular complexity index is 126. The van der Waals surface area contributed by atoms with E-state index in [0.717, 1.165) is 32.5 Å². The van der Waals surface area contributed by atoms with E-state index in [1.165, 1.54) is 0 Å². The van der Waals surface area contributed by atoms with Crippen molar-refractivity contribution in [1.29, 1.82) is 0 Å². The highest BCUT2D eigenvalue weighted by Gasteiger charge is 2.16. The number of likely N-dealkylation sites (tertiary alicyclic amines) is 1. The molecule has 0 unspecified atom stereocenters. The number of nitrogens with zero attached hydrogens (tertiary/aromatic N) is 1. The van der Waals surface area contributed by atoms with Gasteiger partial charge in [-0.3, -0.25) is 4.90 Å². The van der Waals surface area contributed by atoms with Crippen LogP contribution in [0.1, 0.15) is 19.8 Å². The first kappa shape index (κ1) is 8.72. The highest BCUT2D eigenvalue weighted by atomic mass is 19.1. The van der Waals surface area contributed by atoms with Gasteiger partial charge in [0.05, 0.1) is 0 Å². The second-order valence-electron chi connectivity index (χ2n) is 3.04. The van der Waals surface area contributed by atoms with Crippen molar-refractivity contribution in [3.05, 3.63) is 12.2 Å². The van der Waals surface area contributed by atoms with Crippen molar-refractivity contribution in [3.63, 3.8) is 0 Å². The first-order valence-electron chi connectivity index (χ1n) is 4.30. The SMILES string of the molecule is CC=CCN1CCC(F)CC1. The number of hydrogen-bond donors (Lipinski definition) is 0. The molecular weight excluding hydrogens is 141 g/mol. The van der Waals surface area contributed by atoms with Crippen LogP contribution < -0.4 is 0 Å². The number of allylic oxidation sites excluding steroid dienone is 1. The van der Waals surface area contributed by atoms with Gasteiger partial charge in [0.15, 0.2) is 0 Å². The average molecular weight is 157 g/mol. The van der Waals surface area contributed by atoms with Crippen molar-refractivity contribution < 1.29 is 4.39 Å². The predicted octanol–water partition coefficient (Wildman–Crippen LogP) is 2.00.